The van der Waals surface area contributed by atoms with E-state index in [0.29, 0.717) is 31.6 Å². The zero-order chi connectivity index (χ0) is 13.3. The molecule has 0 unspecified atom stereocenters. The second kappa shape index (κ2) is 8.22. The maximum atomic E-state index is 11.0. The van der Waals surface area contributed by atoms with Crippen LogP contribution in [0.1, 0.15) is 26.7 Å². The lowest BCUT2D eigenvalue weighted by molar-refractivity contribution is -0.139. The number of hydrogen-bond acceptors (Lipinski definition) is 5. The van der Waals surface area contributed by atoms with Crippen molar-refractivity contribution < 1.29 is 19.7 Å². The summed E-state index contributed by atoms with van der Waals surface area (Å²) in [6.07, 6.45) is 1.26. The Morgan fingerprint density at radius 2 is 2.00 bits per heavy atom. The van der Waals surface area contributed by atoms with Crippen LogP contribution in [0.4, 0.5) is 0 Å². The smallest absolute Gasteiger partial charge is 0.333 e. The van der Waals surface area contributed by atoms with Crippen molar-refractivity contribution in [3.8, 4) is 0 Å². The average molecular weight is 245 g/mol. The third-order valence-electron chi connectivity index (χ3n) is 2.68. The Morgan fingerprint density at radius 3 is 2.41 bits per heavy atom. The van der Waals surface area contributed by atoms with Gasteiger partial charge in [-0.1, -0.05) is 13.5 Å². The number of rotatable bonds is 9. The number of aliphatic hydroxyl groups is 2. The summed E-state index contributed by atoms with van der Waals surface area (Å²) in [6.45, 7) is 7.59. The molecule has 0 aliphatic heterocycles. The summed E-state index contributed by atoms with van der Waals surface area (Å²) in [5.74, 6) is -0.393. The van der Waals surface area contributed by atoms with Crippen molar-refractivity contribution in [3.05, 3.63) is 12.2 Å². The molecule has 0 aromatic heterocycles. The van der Waals surface area contributed by atoms with Gasteiger partial charge in [-0.05, 0) is 26.3 Å². The largest absolute Gasteiger partial charge is 0.462 e. The van der Waals surface area contributed by atoms with Gasteiger partial charge in [0.15, 0.2) is 0 Å². The van der Waals surface area contributed by atoms with Crippen LogP contribution in [-0.2, 0) is 9.53 Å². The molecule has 5 nitrogen and oxygen atoms in total. The molecule has 0 aliphatic rings. The van der Waals surface area contributed by atoms with E-state index in [4.69, 9.17) is 4.74 Å². The van der Waals surface area contributed by atoms with Crippen LogP contribution in [0.3, 0.4) is 0 Å². The number of esters is 1. The Kier molecular flexibility index (Phi) is 7.78. The maximum absolute atomic E-state index is 11.0. The Hall–Kier alpha value is -0.910. The van der Waals surface area contributed by atoms with E-state index in [9.17, 15) is 15.0 Å². The Balaban J connectivity index is 3.76. The first-order valence-electron chi connectivity index (χ1n) is 5.80. The first-order chi connectivity index (χ1) is 8.01. The summed E-state index contributed by atoms with van der Waals surface area (Å²) in [7, 11) is 0. The van der Waals surface area contributed by atoms with Gasteiger partial charge < -0.3 is 20.3 Å². The Labute approximate surface area is 102 Å². The first kappa shape index (κ1) is 16.1. The maximum Gasteiger partial charge on any atom is 0.333 e. The number of nitrogens with one attached hydrogen (secondary N) is 1. The van der Waals surface area contributed by atoms with Gasteiger partial charge in [-0.3, -0.25) is 0 Å². The molecule has 0 saturated heterocycles. The fourth-order valence-electron chi connectivity index (χ4n) is 1.22. The molecule has 0 fully saturated rings. The van der Waals surface area contributed by atoms with E-state index in [2.05, 4.69) is 11.9 Å². The van der Waals surface area contributed by atoms with Gasteiger partial charge in [0.25, 0.3) is 0 Å². The van der Waals surface area contributed by atoms with Crippen LogP contribution in [0.25, 0.3) is 0 Å². The second-order valence-corrected chi connectivity index (χ2v) is 4.15. The van der Waals surface area contributed by atoms with Crippen molar-refractivity contribution in [3.63, 3.8) is 0 Å². The van der Waals surface area contributed by atoms with Crippen LogP contribution in [-0.4, -0.2) is 48.1 Å². The van der Waals surface area contributed by atoms with E-state index in [1.165, 1.54) is 0 Å². The van der Waals surface area contributed by atoms with Gasteiger partial charge in [0, 0.05) is 5.57 Å². The van der Waals surface area contributed by atoms with Gasteiger partial charge in [-0.2, -0.15) is 0 Å². The Bertz CT molecular complexity index is 241. The zero-order valence-electron chi connectivity index (χ0n) is 10.7. The molecule has 0 saturated carbocycles. The highest BCUT2D eigenvalue weighted by molar-refractivity contribution is 5.86. The van der Waals surface area contributed by atoms with Crippen molar-refractivity contribution in [2.45, 2.75) is 32.2 Å². The summed E-state index contributed by atoms with van der Waals surface area (Å²) in [5, 5.41) is 21.4. The van der Waals surface area contributed by atoms with Crippen molar-refractivity contribution in [2.24, 2.45) is 0 Å². The molecule has 5 heteroatoms. The van der Waals surface area contributed by atoms with Crippen LogP contribution in [0.2, 0.25) is 0 Å². The molecule has 0 aliphatic carbocycles. The standard InChI is InChI=1S/C12H23NO4/c1-4-12(8-14,9-15)13-6-5-7-17-11(16)10(2)3/h13-15H,2,4-9H2,1,3H3. The highest BCUT2D eigenvalue weighted by Gasteiger charge is 2.25. The fraction of sp³-hybridized carbons (Fsp3) is 0.750. The van der Waals surface area contributed by atoms with Crippen LogP contribution >= 0.6 is 0 Å². The van der Waals surface area contributed by atoms with Crippen LogP contribution < -0.4 is 5.32 Å². The molecule has 0 radical (unpaired) electrons. The fourth-order valence-corrected chi connectivity index (χ4v) is 1.22. The third-order valence-corrected chi connectivity index (χ3v) is 2.68. The second-order valence-electron chi connectivity index (χ2n) is 4.15. The van der Waals surface area contributed by atoms with Gasteiger partial charge in [0.1, 0.15) is 0 Å². The summed E-state index contributed by atoms with van der Waals surface area (Å²) in [4.78, 5) is 11.0. The SMILES string of the molecule is C=C(C)C(=O)OCCCNC(CC)(CO)CO. The number of hydrogen-bond donors (Lipinski definition) is 3. The molecule has 0 heterocycles. The Morgan fingerprint density at radius 1 is 1.41 bits per heavy atom. The summed E-state index contributed by atoms with van der Waals surface area (Å²) in [6, 6.07) is 0. The molecule has 0 spiro atoms. The number of carbonyl (C=O) groups is 1. The van der Waals surface area contributed by atoms with E-state index in [0.717, 1.165) is 0 Å². The summed E-state index contributed by atoms with van der Waals surface area (Å²) < 4.78 is 4.92. The predicted octanol–water partition coefficient (Wildman–Crippen LogP) is 0.219. The summed E-state index contributed by atoms with van der Waals surface area (Å²) in [5.41, 5.74) is -0.259. The van der Waals surface area contributed by atoms with Crippen molar-refractivity contribution in [1.82, 2.24) is 5.32 Å². The molecule has 0 rings (SSSR count). The van der Waals surface area contributed by atoms with Gasteiger partial charge in [0.2, 0.25) is 0 Å². The number of carbonyl (C=O) groups excluding carboxylic acids is 1. The predicted molar refractivity (Wildman–Crippen MR) is 65.6 cm³/mol. The van der Waals surface area contributed by atoms with E-state index in [1.807, 2.05) is 6.92 Å². The number of ether oxygens (including phenoxy) is 1. The average Bonchev–Trinajstić information content (AvgIpc) is 2.34. The van der Waals surface area contributed by atoms with Crippen LogP contribution in [0.5, 0.6) is 0 Å². The molecule has 100 valence electrons. The van der Waals surface area contributed by atoms with E-state index in [1.54, 1.807) is 6.92 Å². The lowest BCUT2D eigenvalue weighted by Crippen LogP contribution is -2.51. The van der Waals surface area contributed by atoms with Crippen LogP contribution in [0, 0.1) is 0 Å². The van der Waals surface area contributed by atoms with Crippen molar-refractivity contribution in [1.29, 1.82) is 0 Å². The molecule has 3 N–H and O–H groups in total. The monoisotopic (exact) mass is 245 g/mol. The van der Waals surface area contributed by atoms with Crippen molar-refractivity contribution in [2.75, 3.05) is 26.4 Å². The zero-order valence-corrected chi connectivity index (χ0v) is 10.7. The minimum absolute atomic E-state index is 0.119. The molecular formula is C12H23NO4. The number of aliphatic hydroxyl groups excluding tert-OH is 2. The lowest BCUT2D eigenvalue weighted by atomic mass is 9.98. The molecule has 17 heavy (non-hydrogen) atoms. The molecule has 0 bridgehead atoms. The topological polar surface area (TPSA) is 78.8 Å². The van der Waals surface area contributed by atoms with Gasteiger partial charge >= 0.3 is 5.97 Å². The summed E-state index contributed by atoms with van der Waals surface area (Å²) >= 11 is 0. The minimum atomic E-state index is -0.641. The minimum Gasteiger partial charge on any atom is -0.462 e. The first-order valence-corrected chi connectivity index (χ1v) is 5.80. The van der Waals surface area contributed by atoms with E-state index >= 15 is 0 Å². The van der Waals surface area contributed by atoms with Crippen LogP contribution in [0.15, 0.2) is 12.2 Å². The molecular weight excluding hydrogens is 222 g/mol. The van der Waals surface area contributed by atoms with Gasteiger partial charge in [-0.15, -0.1) is 0 Å². The molecule has 0 aromatic carbocycles. The molecule has 0 aromatic rings. The quantitative estimate of drug-likeness (QED) is 0.308. The molecule has 0 atom stereocenters. The molecule has 0 amide bonds. The highest BCUT2D eigenvalue weighted by atomic mass is 16.5. The van der Waals surface area contributed by atoms with Crippen molar-refractivity contribution >= 4 is 5.97 Å². The van der Waals surface area contributed by atoms with Gasteiger partial charge in [0.05, 0.1) is 25.4 Å². The normalized spacial score (nSPS) is 11.3. The highest BCUT2D eigenvalue weighted by Crippen LogP contribution is 2.07. The van der Waals surface area contributed by atoms with Gasteiger partial charge in [-0.25, -0.2) is 4.79 Å². The van der Waals surface area contributed by atoms with E-state index in [-0.39, 0.29) is 13.2 Å². The third kappa shape index (κ3) is 5.81. The lowest BCUT2D eigenvalue weighted by Gasteiger charge is -2.29. The van der Waals surface area contributed by atoms with E-state index < -0.39 is 11.5 Å².